The summed E-state index contributed by atoms with van der Waals surface area (Å²) >= 11 is 6.17. The van der Waals surface area contributed by atoms with Crippen molar-refractivity contribution in [2.45, 2.75) is 19.9 Å². The quantitative estimate of drug-likeness (QED) is 0.799. The Morgan fingerprint density at radius 1 is 1.32 bits per heavy atom. The third kappa shape index (κ3) is 2.79. The van der Waals surface area contributed by atoms with Crippen LogP contribution in [0.25, 0.3) is 6.08 Å². The highest BCUT2D eigenvalue weighted by Gasteiger charge is 2.18. The highest BCUT2D eigenvalue weighted by molar-refractivity contribution is 6.31. The van der Waals surface area contributed by atoms with Crippen molar-refractivity contribution in [1.29, 1.82) is 0 Å². The SMILES string of the molecule is Cc1nn(C)c(Cl)c1/C=C/C(=O)N1CCc2ccccc2C1. The third-order valence-corrected chi connectivity index (χ3v) is 4.48. The number of rotatable bonds is 2. The Morgan fingerprint density at radius 3 is 2.73 bits per heavy atom. The fourth-order valence-electron chi connectivity index (χ4n) is 2.78. The summed E-state index contributed by atoms with van der Waals surface area (Å²) in [5.74, 6) is 0.00817. The predicted octanol–water partition coefficient (Wildman–Crippen LogP) is 2.98. The van der Waals surface area contributed by atoms with E-state index in [4.69, 9.17) is 11.6 Å². The molecule has 2 heterocycles. The third-order valence-electron chi connectivity index (χ3n) is 4.03. The summed E-state index contributed by atoms with van der Waals surface area (Å²) in [7, 11) is 1.79. The lowest BCUT2D eigenvalue weighted by Crippen LogP contribution is -2.34. The molecule has 3 rings (SSSR count). The fraction of sp³-hybridized carbons (Fsp3) is 0.294. The molecule has 1 aromatic heterocycles. The van der Waals surface area contributed by atoms with Gasteiger partial charge in [-0.25, -0.2) is 0 Å². The molecule has 1 aliphatic rings. The average molecular weight is 316 g/mol. The Hall–Kier alpha value is -2.07. The molecule has 0 atom stereocenters. The van der Waals surface area contributed by atoms with Crippen molar-refractivity contribution in [2.75, 3.05) is 6.54 Å². The largest absolute Gasteiger partial charge is 0.334 e. The van der Waals surface area contributed by atoms with Gasteiger partial charge in [0.25, 0.3) is 0 Å². The second-order valence-corrected chi connectivity index (χ2v) is 5.88. The zero-order valence-electron chi connectivity index (χ0n) is 12.7. The number of halogens is 1. The summed E-state index contributed by atoms with van der Waals surface area (Å²) in [5.41, 5.74) is 4.18. The van der Waals surface area contributed by atoms with Crippen LogP contribution in [-0.4, -0.2) is 27.1 Å². The van der Waals surface area contributed by atoms with Gasteiger partial charge in [-0.2, -0.15) is 5.10 Å². The first-order chi connectivity index (χ1) is 10.6. The molecule has 0 saturated carbocycles. The van der Waals surface area contributed by atoms with Gasteiger partial charge < -0.3 is 4.90 Å². The molecular weight excluding hydrogens is 298 g/mol. The van der Waals surface area contributed by atoms with Gasteiger partial charge in [0.15, 0.2) is 0 Å². The summed E-state index contributed by atoms with van der Waals surface area (Å²) in [5, 5.41) is 4.79. The minimum Gasteiger partial charge on any atom is -0.334 e. The van der Waals surface area contributed by atoms with Gasteiger partial charge in [0.05, 0.1) is 5.69 Å². The van der Waals surface area contributed by atoms with E-state index in [1.54, 1.807) is 23.9 Å². The Morgan fingerprint density at radius 2 is 2.05 bits per heavy atom. The van der Waals surface area contributed by atoms with E-state index in [-0.39, 0.29) is 5.91 Å². The normalized spacial score (nSPS) is 14.4. The maximum Gasteiger partial charge on any atom is 0.246 e. The van der Waals surface area contributed by atoms with Crippen LogP contribution in [0.3, 0.4) is 0 Å². The predicted molar refractivity (Wildman–Crippen MR) is 87.6 cm³/mol. The second-order valence-electron chi connectivity index (χ2n) is 5.53. The smallest absolute Gasteiger partial charge is 0.246 e. The van der Waals surface area contributed by atoms with Gasteiger partial charge >= 0.3 is 0 Å². The zero-order valence-corrected chi connectivity index (χ0v) is 13.5. The molecule has 1 aromatic carbocycles. The van der Waals surface area contributed by atoms with Gasteiger partial charge in [-0.3, -0.25) is 9.48 Å². The van der Waals surface area contributed by atoms with Crippen molar-refractivity contribution in [1.82, 2.24) is 14.7 Å². The maximum atomic E-state index is 12.4. The molecule has 1 aliphatic heterocycles. The molecule has 4 nitrogen and oxygen atoms in total. The summed E-state index contributed by atoms with van der Waals surface area (Å²) < 4.78 is 1.61. The van der Waals surface area contributed by atoms with Crippen molar-refractivity contribution < 1.29 is 4.79 Å². The Labute approximate surface area is 135 Å². The van der Waals surface area contributed by atoms with Gasteiger partial charge in [0.1, 0.15) is 5.15 Å². The first-order valence-electron chi connectivity index (χ1n) is 7.29. The van der Waals surface area contributed by atoms with Crippen LogP contribution in [0.2, 0.25) is 5.15 Å². The highest BCUT2D eigenvalue weighted by Crippen LogP contribution is 2.21. The standard InChI is InChI=1S/C17H18ClN3O/c1-12-15(17(18)20(2)19-12)7-8-16(22)21-10-9-13-5-3-4-6-14(13)11-21/h3-8H,9-11H2,1-2H3/b8-7+. The molecule has 0 unspecified atom stereocenters. The van der Waals surface area contributed by atoms with Crippen molar-refractivity contribution in [3.63, 3.8) is 0 Å². The Balaban J connectivity index is 1.74. The number of nitrogens with zero attached hydrogens (tertiary/aromatic N) is 3. The van der Waals surface area contributed by atoms with Crippen LogP contribution in [0.1, 0.15) is 22.4 Å². The van der Waals surface area contributed by atoms with Crippen molar-refractivity contribution >= 4 is 23.6 Å². The molecule has 0 aliphatic carbocycles. The number of carbonyl (C=O) groups is 1. The van der Waals surface area contributed by atoms with E-state index in [0.29, 0.717) is 11.7 Å². The monoisotopic (exact) mass is 315 g/mol. The van der Waals surface area contributed by atoms with Crippen LogP contribution >= 0.6 is 11.6 Å². The van der Waals surface area contributed by atoms with Crippen LogP contribution in [-0.2, 0) is 24.8 Å². The molecule has 0 spiro atoms. The minimum absolute atomic E-state index is 0.00817. The molecule has 5 heteroatoms. The number of aromatic nitrogens is 2. The van der Waals surface area contributed by atoms with Crippen LogP contribution in [0.15, 0.2) is 30.3 Å². The molecule has 0 radical (unpaired) electrons. The number of benzene rings is 1. The van der Waals surface area contributed by atoms with E-state index >= 15 is 0 Å². The molecule has 0 fully saturated rings. The summed E-state index contributed by atoms with van der Waals surface area (Å²) in [6.07, 6.45) is 4.25. The number of hydrogen-bond acceptors (Lipinski definition) is 2. The number of aryl methyl sites for hydroxylation is 2. The highest BCUT2D eigenvalue weighted by atomic mass is 35.5. The zero-order chi connectivity index (χ0) is 15.7. The van der Waals surface area contributed by atoms with Gasteiger partial charge in [-0.1, -0.05) is 35.9 Å². The van der Waals surface area contributed by atoms with E-state index < -0.39 is 0 Å². The van der Waals surface area contributed by atoms with Crippen molar-refractivity contribution in [3.8, 4) is 0 Å². The van der Waals surface area contributed by atoms with Crippen LogP contribution in [0.5, 0.6) is 0 Å². The number of hydrogen-bond donors (Lipinski definition) is 0. The molecule has 22 heavy (non-hydrogen) atoms. The lowest BCUT2D eigenvalue weighted by Gasteiger charge is -2.27. The number of amides is 1. The second kappa shape index (κ2) is 5.97. The Kier molecular flexibility index (Phi) is 4.03. The van der Waals surface area contributed by atoms with Crippen LogP contribution in [0, 0.1) is 6.92 Å². The number of fused-ring (bicyclic) bond motifs is 1. The lowest BCUT2D eigenvalue weighted by atomic mass is 10.00. The summed E-state index contributed by atoms with van der Waals surface area (Å²) in [4.78, 5) is 14.2. The molecule has 0 N–H and O–H groups in total. The maximum absolute atomic E-state index is 12.4. The molecule has 0 bridgehead atoms. The summed E-state index contributed by atoms with van der Waals surface area (Å²) in [6.45, 7) is 3.30. The van der Waals surface area contributed by atoms with E-state index in [9.17, 15) is 4.79 Å². The van der Waals surface area contributed by atoms with E-state index in [1.807, 2.05) is 24.0 Å². The molecule has 114 valence electrons. The fourth-order valence-corrected chi connectivity index (χ4v) is 3.02. The van der Waals surface area contributed by atoms with Gasteiger partial charge in [-0.05, 0) is 30.5 Å². The molecule has 1 amide bonds. The van der Waals surface area contributed by atoms with Gasteiger partial charge in [0, 0.05) is 31.8 Å². The van der Waals surface area contributed by atoms with Crippen molar-refractivity contribution in [2.24, 2.45) is 7.05 Å². The van der Waals surface area contributed by atoms with Crippen LogP contribution in [0.4, 0.5) is 0 Å². The van der Waals surface area contributed by atoms with E-state index in [1.165, 1.54) is 11.1 Å². The van der Waals surface area contributed by atoms with E-state index in [0.717, 1.165) is 24.2 Å². The van der Waals surface area contributed by atoms with Gasteiger partial charge in [0.2, 0.25) is 5.91 Å². The molecule has 0 saturated heterocycles. The minimum atomic E-state index is 0.00817. The molecular formula is C17H18ClN3O. The van der Waals surface area contributed by atoms with E-state index in [2.05, 4.69) is 17.2 Å². The first-order valence-corrected chi connectivity index (χ1v) is 7.67. The van der Waals surface area contributed by atoms with Crippen LogP contribution < -0.4 is 0 Å². The van der Waals surface area contributed by atoms with Gasteiger partial charge in [-0.15, -0.1) is 0 Å². The Bertz CT molecular complexity index is 748. The average Bonchev–Trinajstić information content (AvgIpc) is 2.77. The first kappa shape index (κ1) is 14.9. The summed E-state index contributed by atoms with van der Waals surface area (Å²) in [6, 6.07) is 8.27. The van der Waals surface area contributed by atoms with Crippen molar-refractivity contribution in [3.05, 3.63) is 57.9 Å². The lowest BCUT2D eigenvalue weighted by molar-refractivity contribution is -0.126. The topological polar surface area (TPSA) is 38.1 Å². The number of carbonyl (C=O) groups excluding carboxylic acids is 1. The molecule has 2 aromatic rings.